The maximum absolute atomic E-state index is 13.9. The molecule has 0 N–H and O–H groups in total. The molecule has 0 saturated heterocycles. The molecular formula is C16H16F2. The fraction of sp³-hybridized carbons (Fsp3) is 0.250. The Labute approximate surface area is 106 Å². The van der Waals surface area contributed by atoms with Crippen LogP contribution < -0.4 is 0 Å². The molecule has 0 heterocycles. The van der Waals surface area contributed by atoms with Crippen LogP contribution >= 0.6 is 0 Å². The van der Waals surface area contributed by atoms with Crippen molar-refractivity contribution in [3.8, 4) is 0 Å². The summed E-state index contributed by atoms with van der Waals surface area (Å²) in [6, 6.07) is 13.2. The summed E-state index contributed by atoms with van der Waals surface area (Å²) in [4.78, 5) is 0. The highest BCUT2D eigenvalue weighted by Crippen LogP contribution is 2.32. The van der Waals surface area contributed by atoms with Crippen LogP contribution in [0.15, 0.2) is 48.5 Å². The van der Waals surface area contributed by atoms with Crippen LogP contribution in [0.2, 0.25) is 0 Å². The maximum atomic E-state index is 13.9. The molecule has 0 aliphatic rings. The second kappa shape index (κ2) is 5.76. The number of halogens is 2. The molecule has 0 fully saturated rings. The van der Waals surface area contributed by atoms with Crippen LogP contribution in [0.5, 0.6) is 0 Å². The molecule has 0 radical (unpaired) electrons. The van der Waals surface area contributed by atoms with Crippen molar-refractivity contribution in [1.82, 2.24) is 0 Å². The van der Waals surface area contributed by atoms with Gasteiger partial charge in [-0.1, -0.05) is 49.7 Å². The topological polar surface area (TPSA) is 0 Å². The maximum Gasteiger partial charge on any atom is 0.127 e. The van der Waals surface area contributed by atoms with E-state index >= 15 is 0 Å². The van der Waals surface area contributed by atoms with Crippen molar-refractivity contribution in [3.63, 3.8) is 0 Å². The van der Waals surface area contributed by atoms with Crippen LogP contribution in [-0.4, -0.2) is 0 Å². The third kappa shape index (κ3) is 2.58. The van der Waals surface area contributed by atoms with E-state index < -0.39 is 0 Å². The largest absolute Gasteiger partial charge is 0.207 e. The summed E-state index contributed by atoms with van der Waals surface area (Å²) < 4.78 is 27.7. The monoisotopic (exact) mass is 246 g/mol. The first-order valence-electron chi connectivity index (χ1n) is 6.23. The highest BCUT2D eigenvalue weighted by Gasteiger charge is 2.19. The second-order valence-corrected chi connectivity index (χ2v) is 4.38. The van der Waals surface area contributed by atoms with Gasteiger partial charge in [0.05, 0.1) is 0 Å². The quantitative estimate of drug-likeness (QED) is 0.720. The Morgan fingerprint density at radius 2 is 1.28 bits per heavy atom. The SMILES string of the molecule is CCCC(c1ccccc1F)c1ccccc1F. The predicted octanol–water partition coefficient (Wildman–Crippen LogP) is 4.90. The van der Waals surface area contributed by atoms with Crippen molar-refractivity contribution in [2.45, 2.75) is 25.7 Å². The van der Waals surface area contributed by atoms with Crippen molar-refractivity contribution in [3.05, 3.63) is 71.3 Å². The highest BCUT2D eigenvalue weighted by atomic mass is 19.1. The molecular weight excluding hydrogens is 230 g/mol. The number of rotatable bonds is 4. The van der Waals surface area contributed by atoms with E-state index in [-0.39, 0.29) is 17.6 Å². The fourth-order valence-corrected chi connectivity index (χ4v) is 2.28. The normalized spacial score (nSPS) is 10.9. The Bertz CT molecular complexity index is 475. The average Bonchev–Trinajstić information content (AvgIpc) is 2.38. The van der Waals surface area contributed by atoms with E-state index in [2.05, 4.69) is 0 Å². The smallest absolute Gasteiger partial charge is 0.127 e. The lowest BCUT2D eigenvalue weighted by atomic mass is 9.87. The summed E-state index contributed by atoms with van der Waals surface area (Å²) >= 11 is 0. The third-order valence-corrected chi connectivity index (χ3v) is 3.14. The van der Waals surface area contributed by atoms with Gasteiger partial charge >= 0.3 is 0 Å². The van der Waals surface area contributed by atoms with Gasteiger partial charge in [-0.2, -0.15) is 0 Å². The summed E-state index contributed by atoms with van der Waals surface area (Å²) in [7, 11) is 0. The van der Waals surface area contributed by atoms with E-state index in [9.17, 15) is 8.78 Å². The molecule has 2 rings (SSSR count). The molecule has 0 aliphatic carbocycles. The molecule has 2 aromatic rings. The van der Waals surface area contributed by atoms with Crippen molar-refractivity contribution in [1.29, 1.82) is 0 Å². The zero-order valence-corrected chi connectivity index (χ0v) is 10.4. The minimum absolute atomic E-state index is 0.211. The van der Waals surface area contributed by atoms with Gasteiger partial charge in [0, 0.05) is 5.92 Å². The van der Waals surface area contributed by atoms with Gasteiger partial charge in [0.1, 0.15) is 11.6 Å². The Hall–Kier alpha value is -1.70. The first kappa shape index (κ1) is 12.7. The number of hydrogen-bond donors (Lipinski definition) is 0. The second-order valence-electron chi connectivity index (χ2n) is 4.38. The van der Waals surface area contributed by atoms with Crippen molar-refractivity contribution in [2.75, 3.05) is 0 Å². The lowest BCUT2D eigenvalue weighted by Gasteiger charge is -2.18. The van der Waals surface area contributed by atoms with E-state index in [4.69, 9.17) is 0 Å². The van der Waals surface area contributed by atoms with E-state index in [1.165, 1.54) is 12.1 Å². The van der Waals surface area contributed by atoms with E-state index in [1.54, 1.807) is 36.4 Å². The molecule has 0 amide bonds. The van der Waals surface area contributed by atoms with Crippen LogP contribution in [0.3, 0.4) is 0 Å². The molecule has 0 atom stereocenters. The zero-order valence-electron chi connectivity index (χ0n) is 10.4. The first-order chi connectivity index (χ1) is 8.74. The fourth-order valence-electron chi connectivity index (χ4n) is 2.28. The molecule has 18 heavy (non-hydrogen) atoms. The first-order valence-corrected chi connectivity index (χ1v) is 6.23. The molecule has 0 aliphatic heterocycles. The summed E-state index contributed by atoms with van der Waals surface area (Å²) in [5.74, 6) is -0.740. The molecule has 2 aromatic carbocycles. The van der Waals surface area contributed by atoms with Crippen LogP contribution in [-0.2, 0) is 0 Å². The summed E-state index contributed by atoms with van der Waals surface area (Å²) in [6.07, 6.45) is 1.62. The standard InChI is InChI=1S/C16H16F2/c1-2-7-12(13-8-3-5-10-15(13)17)14-9-4-6-11-16(14)18/h3-6,8-12H,2,7H2,1H3. The average molecular weight is 246 g/mol. The molecule has 2 heteroatoms. The van der Waals surface area contributed by atoms with Gasteiger partial charge in [-0.25, -0.2) is 8.78 Å². The minimum atomic E-state index is -0.265. The van der Waals surface area contributed by atoms with Crippen molar-refractivity contribution < 1.29 is 8.78 Å². The Morgan fingerprint density at radius 1 is 0.833 bits per heavy atom. The lowest BCUT2D eigenvalue weighted by molar-refractivity contribution is 0.555. The van der Waals surface area contributed by atoms with E-state index in [0.717, 1.165) is 12.8 Å². The van der Waals surface area contributed by atoms with Gasteiger partial charge in [0.25, 0.3) is 0 Å². The third-order valence-electron chi connectivity index (χ3n) is 3.14. The molecule has 0 aromatic heterocycles. The van der Waals surface area contributed by atoms with Crippen LogP contribution in [0.1, 0.15) is 36.8 Å². The van der Waals surface area contributed by atoms with Crippen LogP contribution in [0, 0.1) is 11.6 Å². The molecule has 0 saturated carbocycles. The van der Waals surface area contributed by atoms with Crippen LogP contribution in [0.4, 0.5) is 8.78 Å². The summed E-state index contributed by atoms with van der Waals surface area (Å²) in [6.45, 7) is 2.02. The van der Waals surface area contributed by atoms with Gasteiger partial charge < -0.3 is 0 Å². The minimum Gasteiger partial charge on any atom is -0.207 e. The van der Waals surface area contributed by atoms with E-state index in [1.807, 2.05) is 6.92 Å². The molecule has 0 bridgehead atoms. The highest BCUT2D eigenvalue weighted by molar-refractivity contribution is 5.34. The Kier molecular flexibility index (Phi) is 4.08. The van der Waals surface area contributed by atoms with Gasteiger partial charge in [-0.05, 0) is 29.7 Å². The number of hydrogen-bond acceptors (Lipinski definition) is 0. The van der Waals surface area contributed by atoms with E-state index in [0.29, 0.717) is 11.1 Å². The van der Waals surface area contributed by atoms with Crippen molar-refractivity contribution in [2.24, 2.45) is 0 Å². The summed E-state index contributed by atoms with van der Waals surface area (Å²) in [5, 5.41) is 0. The Morgan fingerprint density at radius 3 is 1.67 bits per heavy atom. The Balaban J connectivity index is 2.47. The summed E-state index contributed by atoms with van der Waals surface area (Å²) in [5.41, 5.74) is 1.15. The van der Waals surface area contributed by atoms with Crippen LogP contribution in [0.25, 0.3) is 0 Å². The zero-order chi connectivity index (χ0) is 13.0. The van der Waals surface area contributed by atoms with Gasteiger partial charge in [0.2, 0.25) is 0 Å². The molecule has 0 nitrogen and oxygen atoms in total. The molecule has 0 spiro atoms. The van der Waals surface area contributed by atoms with Gasteiger partial charge in [-0.15, -0.1) is 0 Å². The lowest BCUT2D eigenvalue weighted by Crippen LogP contribution is -2.05. The van der Waals surface area contributed by atoms with Crippen molar-refractivity contribution >= 4 is 0 Å². The number of benzene rings is 2. The molecule has 0 unspecified atom stereocenters. The predicted molar refractivity (Wildman–Crippen MR) is 69.6 cm³/mol. The molecule has 94 valence electrons. The van der Waals surface area contributed by atoms with Gasteiger partial charge in [0.15, 0.2) is 0 Å². The van der Waals surface area contributed by atoms with Gasteiger partial charge in [-0.3, -0.25) is 0 Å².